The second-order valence-electron chi connectivity index (χ2n) is 4.21. The molecular formula is C14H14BrClN2O. The molecule has 2 aromatic rings. The minimum Gasteiger partial charge on any atom is -0.439 e. The van der Waals surface area contributed by atoms with Crippen LogP contribution >= 0.6 is 27.5 Å². The molecule has 0 aliphatic rings. The smallest absolute Gasteiger partial charge is 0.224 e. The number of benzene rings is 1. The summed E-state index contributed by atoms with van der Waals surface area (Å²) in [5.41, 5.74) is 1.03. The molecule has 1 heterocycles. The zero-order valence-corrected chi connectivity index (χ0v) is 13.1. The Bertz CT molecular complexity index is 590. The largest absolute Gasteiger partial charge is 0.439 e. The van der Waals surface area contributed by atoms with Crippen molar-refractivity contribution in [3.8, 4) is 11.6 Å². The van der Waals surface area contributed by atoms with Gasteiger partial charge in [-0.3, -0.25) is 0 Å². The second kappa shape index (κ2) is 6.35. The summed E-state index contributed by atoms with van der Waals surface area (Å²) in [6.45, 7) is 4.06. The lowest BCUT2D eigenvalue weighted by Crippen LogP contribution is -1.98. The number of hydrogen-bond acceptors (Lipinski definition) is 3. The van der Waals surface area contributed by atoms with Crippen molar-refractivity contribution in [2.45, 2.75) is 26.7 Å². The van der Waals surface area contributed by atoms with E-state index in [1.165, 1.54) is 0 Å². The first-order valence-corrected chi connectivity index (χ1v) is 7.23. The minimum absolute atomic E-state index is 0.406. The predicted molar refractivity (Wildman–Crippen MR) is 80.0 cm³/mol. The second-order valence-corrected chi connectivity index (χ2v) is 5.51. The van der Waals surface area contributed by atoms with E-state index < -0.39 is 0 Å². The Kier molecular flexibility index (Phi) is 4.77. The molecule has 1 aromatic carbocycles. The summed E-state index contributed by atoms with van der Waals surface area (Å²) in [6.07, 6.45) is 1.76. The van der Waals surface area contributed by atoms with Crippen LogP contribution in [-0.2, 0) is 6.42 Å². The highest BCUT2D eigenvalue weighted by atomic mass is 79.9. The summed E-state index contributed by atoms with van der Waals surface area (Å²) in [5, 5.41) is 0.406. The Morgan fingerprint density at radius 2 is 2.05 bits per heavy atom. The maximum absolute atomic E-state index is 5.98. The molecule has 0 fully saturated rings. The summed E-state index contributed by atoms with van der Waals surface area (Å²) in [5.74, 6) is 1.95. The Labute approximate surface area is 126 Å². The fraction of sp³-hybridized carbons (Fsp3) is 0.286. The minimum atomic E-state index is 0.406. The van der Waals surface area contributed by atoms with Crippen LogP contribution in [0, 0.1) is 6.92 Å². The van der Waals surface area contributed by atoms with Crippen molar-refractivity contribution in [3.63, 3.8) is 0 Å². The summed E-state index contributed by atoms with van der Waals surface area (Å²) >= 11 is 9.40. The van der Waals surface area contributed by atoms with Gasteiger partial charge in [0.15, 0.2) is 0 Å². The van der Waals surface area contributed by atoms with Gasteiger partial charge in [0, 0.05) is 17.0 Å². The van der Waals surface area contributed by atoms with Gasteiger partial charge in [-0.1, -0.05) is 34.5 Å². The van der Waals surface area contributed by atoms with Crippen LogP contribution in [0.25, 0.3) is 0 Å². The van der Waals surface area contributed by atoms with Gasteiger partial charge >= 0.3 is 0 Å². The number of ether oxygens (including phenoxy) is 1. The van der Waals surface area contributed by atoms with Crippen molar-refractivity contribution in [3.05, 3.63) is 45.3 Å². The van der Waals surface area contributed by atoms with E-state index >= 15 is 0 Å². The molecule has 2 rings (SSSR count). The monoisotopic (exact) mass is 340 g/mol. The standard InChI is InChI=1S/C14H14BrClN2O/c1-3-4-13-17-12(16)8-14(18-13)19-11-6-5-10(15)7-9(11)2/h5-8H,3-4H2,1-2H3. The number of aryl methyl sites for hydroxylation is 2. The predicted octanol–water partition coefficient (Wildman–Crippen LogP) is 4.95. The van der Waals surface area contributed by atoms with E-state index in [1.54, 1.807) is 6.07 Å². The van der Waals surface area contributed by atoms with Crippen LogP contribution in [0.4, 0.5) is 0 Å². The molecular weight excluding hydrogens is 328 g/mol. The SMILES string of the molecule is CCCc1nc(Cl)cc(Oc2ccc(Br)cc2C)n1. The quantitative estimate of drug-likeness (QED) is 0.738. The van der Waals surface area contributed by atoms with Crippen LogP contribution in [0.15, 0.2) is 28.7 Å². The topological polar surface area (TPSA) is 35.0 Å². The molecule has 5 heteroatoms. The fourth-order valence-corrected chi connectivity index (χ4v) is 2.34. The van der Waals surface area contributed by atoms with Crippen LogP contribution in [0.2, 0.25) is 5.15 Å². The molecule has 0 saturated carbocycles. The molecule has 19 heavy (non-hydrogen) atoms. The van der Waals surface area contributed by atoms with Crippen LogP contribution in [-0.4, -0.2) is 9.97 Å². The molecule has 0 bridgehead atoms. The van der Waals surface area contributed by atoms with Crippen molar-refractivity contribution in [2.75, 3.05) is 0 Å². The fourth-order valence-electron chi connectivity index (χ4n) is 1.67. The van der Waals surface area contributed by atoms with E-state index in [9.17, 15) is 0 Å². The van der Waals surface area contributed by atoms with Gasteiger partial charge in [-0.25, -0.2) is 4.98 Å². The zero-order valence-electron chi connectivity index (χ0n) is 10.8. The van der Waals surface area contributed by atoms with Crippen LogP contribution in [0.5, 0.6) is 11.6 Å². The highest BCUT2D eigenvalue weighted by Gasteiger charge is 2.07. The molecule has 0 aliphatic carbocycles. The lowest BCUT2D eigenvalue weighted by atomic mass is 10.2. The first-order valence-electron chi connectivity index (χ1n) is 6.06. The van der Waals surface area contributed by atoms with E-state index in [4.69, 9.17) is 16.3 Å². The maximum Gasteiger partial charge on any atom is 0.224 e. The highest BCUT2D eigenvalue weighted by Crippen LogP contribution is 2.27. The van der Waals surface area contributed by atoms with Gasteiger partial charge < -0.3 is 4.74 Å². The van der Waals surface area contributed by atoms with E-state index in [0.29, 0.717) is 16.9 Å². The van der Waals surface area contributed by atoms with Gasteiger partial charge in [0.1, 0.15) is 16.7 Å². The molecule has 1 aromatic heterocycles. The number of nitrogens with zero attached hydrogens (tertiary/aromatic N) is 2. The van der Waals surface area contributed by atoms with Gasteiger partial charge in [0.05, 0.1) is 0 Å². The first kappa shape index (κ1) is 14.3. The average Bonchev–Trinajstić information content (AvgIpc) is 2.32. The molecule has 100 valence electrons. The van der Waals surface area contributed by atoms with Gasteiger partial charge in [-0.2, -0.15) is 4.98 Å². The van der Waals surface area contributed by atoms with Gasteiger partial charge in [0.25, 0.3) is 0 Å². The first-order chi connectivity index (χ1) is 9.08. The highest BCUT2D eigenvalue weighted by molar-refractivity contribution is 9.10. The van der Waals surface area contributed by atoms with Gasteiger partial charge in [-0.15, -0.1) is 0 Å². The Morgan fingerprint density at radius 3 is 2.74 bits per heavy atom. The third kappa shape index (κ3) is 3.91. The third-order valence-corrected chi connectivity index (χ3v) is 3.23. The van der Waals surface area contributed by atoms with E-state index in [0.717, 1.165) is 28.6 Å². The lowest BCUT2D eigenvalue weighted by Gasteiger charge is -2.09. The molecule has 0 amide bonds. The van der Waals surface area contributed by atoms with E-state index in [-0.39, 0.29) is 0 Å². The van der Waals surface area contributed by atoms with Crippen molar-refractivity contribution in [1.29, 1.82) is 0 Å². The van der Waals surface area contributed by atoms with Crippen LogP contribution in [0.1, 0.15) is 24.7 Å². The Morgan fingerprint density at radius 1 is 1.26 bits per heavy atom. The number of halogens is 2. The van der Waals surface area contributed by atoms with Gasteiger partial charge in [0.2, 0.25) is 5.88 Å². The summed E-state index contributed by atoms with van der Waals surface area (Å²) in [6, 6.07) is 7.44. The lowest BCUT2D eigenvalue weighted by molar-refractivity contribution is 0.455. The Balaban J connectivity index is 2.27. The molecule has 0 radical (unpaired) electrons. The molecule has 0 N–H and O–H groups in total. The van der Waals surface area contributed by atoms with E-state index in [1.807, 2.05) is 25.1 Å². The summed E-state index contributed by atoms with van der Waals surface area (Å²) in [7, 11) is 0. The normalized spacial score (nSPS) is 10.5. The number of aromatic nitrogens is 2. The van der Waals surface area contributed by atoms with Crippen molar-refractivity contribution < 1.29 is 4.74 Å². The van der Waals surface area contributed by atoms with Gasteiger partial charge in [-0.05, 0) is 37.1 Å². The Hall–Kier alpha value is -1.13. The van der Waals surface area contributed by atoms with Crippen molar-refractivity contribution in [2.24, 2.45) is 0 Å². The zero-order chi connectivity index (χ0) is 13.8. The molecule has 0 aliphatic heterocycles. The molecule has 3 nitrogen and oxygen atoms in total. The molecule has 0 atom stereocenters. The average molecular weight is 342 g/mol. The third-order valence-electron chi connectivity index (χ3n) is 2.54. The summed E-state index contributed by atoms with van der Waals surface area (Å²) in [4.78, 5) is 8.52. The van der Waals surface area contributed by atoms with Crippen molar-refractivity contribution >= 4 is 27.5 Å². The molecule has 0 spiro atoms. The molecule has 0 saturated heterocycles. The van der Waals surface area contributed by atoms with E-state index in [2.05, 4.69) is 32.8 Å². The van der Waals surface area contributed by atoms with Crippen LogP contribution < -0.4 is 4.74 Å². The number of hydrogen-bond donors (Lipinski definition) is 0. The maximum atomic E-state index is 5.98. The molecule has 0 unspecified atom stereocenters. The summed E-state index contributed by atoms with van der Waals surface area (Å²) < 4.78 is 6.79. The number of rotatable bonds is 4. The van der Waals surface area contributed by atoms with Crippen LogP contribution in [0.3, 0.4) is 0 Å². The van der Waals surface area contributed by atoms with Crippen molar-refractivity contribution in [1.82, 2.24) is 9.97 Å².